The molecule has 4 aromatic rings. The van der Waals surface area contributed by atoms with Gasteiger partial charge in [0.2, 0.25) is 0 Å². The molecular formula is C32H34ClN3O3. The molecule has 0 spiro atoms. The highest BCUT2D eigenvalue weighted by atomic mass is 35.5. The van der Waals surface area contributed by atoms with Gasteiger partial charge in [0.05, 0.1) is 12.3 Å². The molecule has 2 heterocycles. The van der Waals surface area contributed by atoms with E-state index in [0.717, 1.165) is 31.2 Å². The Morgan fingerprint density at radius 3 is 2.46 bits per heavy atom. The van der Waals surface area contributed by atoms with Crippen LogP contribution in [0.15, 0.2) is 79.0 Å². The number of halogens is 1. The number of rotatable bonds is 9. The number of nitrogens with one attached hydrogen (secondary N) is 1. The van der Waals surface area contributed by atoms with Crippen LogP contribution >= 0.6 is 11.6 Å². The molecule has 2 aromatic carbocycles. The van der Waals surface area contributed by atoms with Crippen LogP contribution in [0.1, 0.15) is 72.3 Å². The Morgan fingerprint density at radius 1 is 1.00 bits per heavy atom. The smallest absolute Gasteiger partial charge is 0.315 e. The van der Waals surface area contributed by atoms with Crippen molar-refractivity contribution in [2.24, 2.45) is 0 Å². The number of fused-ring (bicyclic) bond motifs is 1. The van der Waals surface area contributed by atoms with Gasteiger partial charge < -0.3 is 10.1 Å². The topological polar surface area (TPSA) is 72.7 Å². The molecular weight excluding hydrogens is 510 g/mol. The van der Waals surface area contributed by atoms with Crippen molar-refractivity contribution in [1.82, 2.24) is 14.7 Å². The molecule has 1 atom stereocenters. The van der Waals surface area contributed by atoms with Crippen LogP contribution in [0.25, 0.3) is 5.65 Å². The lowest BCUT2D eigenvalue weighted by Crippen LogP contribution is -2.42. The lowest BCUT2D eigenvalue weighted by molar-refractivity contribution is -0.145. The van der Waals surface area contributed by atoms with Gasteiger partial charge in [-0.1, -0.05) is 79.4 Å². The van der Waals surface area contributed by atoms with Crippen LogP contribution in [0.3, 0.4) is 0 Å². The highest BCUT2D eigenvalue weighted by Gasteiger charge is 2.34. The second-order valence-corrected chi connectivity index (χ2v) is 10.8. The van der Waals surface area contributed by atoms with E-state index in [1.165, 1.54) is 12.0 Å². The number of carbonyl (C=O) groups excluding carboxylic acids is 2. The van der Waals surface area contributed by atoms with Crippen LogP contribution in [-0.4, -0.2) is 34.4 Å². The van der Waals surface area contributed by atoms with Crippen molar-refractivity contribution in [3.05, 3.63) is 107 Å². The van der Waals surface area contributed by atoms with E-state index < -0.39 is 5.92 Å². The first kappa shape index (κ1) is 26.9. The standard InChI is InChI=1S/C32H34ClN3O3/c1-2-39-31(38)26(20-23-10-5-3-6-11-23)27-21-36-28(12-9-13-29(36)35-27)30(37)34-22-32(18-7-4-8-19-32)24-14-16-25(33)17-15-24/h3,5-6,9-17,21,26H,2,4,7-8,18-20,22H2,1H3,(H,34,37). The molecule has 0 aliphatic heterocycles. The lowest BCUT2D eigenvalue weighted by atomic mass is 9.69. The highest BCUT2D eigenvalue weighted by Crippen LogP contribution is 2.39. The number of pyridine rings is 1. The number of amides is 1. The maximum Gasteiger partial charge on any atom is 0.315 e. The molecule has 1 unspecified atom stereocenters. The molecule has 1 aliphatic rings. The fourth-order valence-corrected chi connectivity index (χ4v) is 5.85. The predicted octanol–water partition coefficient (Wildman–Crippen LogP) is 6.51. The summed E-state index contributed by atoms with van der Waals surface area (Å²) in [6, 6.07) is 23.3. The zero-order chi connectivity index (χ0) is 27.2. The largest absolute Gasteiger partial charge is 0.465 e. The summed E-state index contributed by atoms with van der Waals surface area (Å²) >= 11 is 6.16. The van der Waals surface area contributed by atoms with Crippen molar-refractivity contribution in [3.8, 4) is 0 Å². The van der Waals surface area contributed by atoms with E-state index in [1.807, 2.05) is 54.6 Å². The zero-order valence-electron chi connectivity index (χ0n) is 22.2. The van der Waals surface area contributed by atoms with Crippen molar-refractivity contribution in [2.75, 3.05) is 13.2 Å². The molecule has 0 saturated heterocycles. The van der Waals surface area contributed by atoms with E-state index in [9.17, 15) is 9.59 Å². The molecule has 1 saturated carbocycles. The average molecular weight is 544 g/mol. The third-order valence-electron chi connectivity index (χ3n) is 7.81. The average Bonchev–Trinajstić information content (AvgIpc) is 3.40. The molecule has 2 aromatic heterocycles. The van der Waals surface area contributed by atoms with Gasteiger partial charge in [-0.15, -0.1) is 0 Å². The summed E-state index contributed by atoms with van der Waals surface area (Å²) in [5.74, 6) is -1.06. The molecule has 1 N–H and O–H groups in total. The maximum absolute atomic E-state index is 13.6. The van der Waals surface area contributed by atoms with Gasteiger partial charge in [0.1, 0.15) is 17.3 Å². The van der Waals surface area contributed by atoms with Crippen LogP contribution in [0.5, 0.6) is 0 Å². The summed E-state index contributed by atoms with van der Waals surface area (Å²) in [6.45, 7) is 2.64. The van der Waals surface area contributed by atoms with Crippen molar-refractivity contribution >= 4 is 29.1 Å². The fourth-order valence-electron chi connectivity index (χ4n) is 5.72. The van der Waals surface area contributed by atoms with Gasteiger partial charge in [0.25, 0.3) is 5.91 Å². The van der Waals surface area contributed by atoms with Gasteiger partial charge in [0, 0.05) is 23.2 Å². The summed E-state index contributed by atoms with van der Waals surface area (Å²) in [5, 5.41) is 3.94. The van der Waals surface area contributed by atoms with E-state index in [1.54, 1.807) is 23.6 Å². The Kier molecular flexibility index (Phi) is 8.32. The van der Waals surface area contributed by atoms with E-state index in [-0.39, 0.29) is 17.3 Å². The summed E-state index contributed by atoms with van der Waals surface area (Å²) in [6.07, 6.45) is 7.79. The molecule has 0 bridgehead atoms. The summed E-state index contributed by atoms with van der Waals surface area (Å²) in [4.78, 5) is 31.3. The lowest BCUT2D eigenvalue weighted by Gasteiger charge is -2.38. The number of hydrogen-bond acceptors (Lipinski definition) is 4. The number of benzene rings is 2. The van der Waals surface area contributed by atoms with Gasteiger partial charge in [-0.2, -0.15) is 0 Å². The first-order valence-electron chi connectivity index (χ1n) is 13.7. The molecule has 0 radical (unpaired) electrons. The maximum atomic E-state index is 13.6. The highest BCUT2D eigenvalue weighted by molar-refractivity contribution is 6.30. The van der Waals surface area contributed by atoms with Gasteiger partial charge in [-0.3, -0.25) is 14.0 Å². The number of ether oxygens (including phenoxy) is 1. The quantitative estimate of drug-likeness (QED) is 0.244. The fraction of sp³-hybridized carbons (Fsp3) is 0.344. The molecule has 6 nitrogen and oxygen atoms in total. The van der Waals surface area contributed by atoms with Crippen LogP contribution < -0.4 is 5.32 Å². The van der Waals surface area contributed by atoms with E-state index in [2.05, 4.69) is 17.4 Å². The Hall–Kier alpha value is -3.64. The second kappa shape index (κ2) is 12.0. The van der Waals surface area contributed by atoms with Gasteiger partial charge in [0.15, 0.2) is 0 Å². The predicted molar refractivity (Wildman–Crippen MR) is 153 cm³/mol. The van der Waals surface area contributed by atoms with E-state index >= 15 is 0 Å². The van der Waals surface area contributed by atoms with Gasteiger partial charge in [-0.05, 0) is 61.6 Å². The molecule has 1 fully saturated rings. The SMILES string of the molecule is CCOC(=O)C(Cc1ccccc1)c1cn2c(C(=O)NCC3(c4ccc(Cl)cc4)CCCCC3)cccc2n1. The Labute approximate surface area is 234 Å². The molecule has 1 aliphatic carbocycles. The van der Waals surface area contributed by atoms with Crippen molar-refractivity contribution in [1.29, 1.82) is 0 Å². The van der Waals surface area contributed by atoms with Crippen molar-refractivity contribution < 1.29 is 14.3 Å². The first-order chi connectivity index (χ1) is 19.0. The number of nitrogens with zero attached hydrogens (tertiary/aromatic N) is 2. The van der Waals surface area contributed by atoms with Gasteiger partial charge in [-0.25, -0.2) is 4.98 Å². The normalized spacial score (nSPS) is 15.5. The minimum Gasteiger partial charge on any atom is -0.465 e. The summed E-state index contributed by atoms with van der Waals surface area (Å²) in [7, 11) is 0. The van der Waals surface area contributed by atoms with E-state index in [4.69, 9.17) is 21.3 Å². The molecule has 1 amide bonds. The number of aromatic nitrogens is 2. The Bertz CT molecular complexity index is 1430. The summed E-state index contributed by atoms with van der Waals surface area (Å²) < 4.78 is 7.17. The minimum absolute atomic E-state index is 0.114. The molecule has 202 valence electrons. The minimum atomic E-state index is -0.571. The molecule has 39 heavy (non-hydrogen) atoms. The van der Waals surface area contributed by atoms with Crippen LogP contribution in [0.2, 0.25) is 5.02 Å². The van der Waals surface area contributed by atoms with Crippen LogP contribution in [0.4, 0.5) is 0 Å². The number of carbonyl (C=O) groups is 2. The first-order valence-corrected chi connectivity index (χ1v) is 14.1. The number of esters is 1. The van der Waals surface area contributed by atoms with Crippen LogP contribution in [-0.2, 0) is 21.4 Å². The third-order valence-corrected chi connectivity index (χ3v) is 8.06. The van der Waals surface area contributed by atoms with Crippen molar-refractivity contribution in [3.63, 3.8) is 0 Å². The zero-order valence-corrected chi connectivity index (χ0v) is 23.0. The third kappa shape index (κ3) is 6.01. The monoisotopic (exact) mass is 543 g/mol. The molecule has 7 heteroatoms. The van der Waals surface area contributed by atoms with Crippen molar-refractivity contribution in [2.45, 2.75) is 56.8 Å². The Balaban J connectivity index is 1.41. The molecule has 5 rings (SSSR count). The second-order valence-electron chi connectivity index (χ2n) is 10.3. The number of imidazole rings is 1. The van der Waals surface area contributed by atoms with E-state index in [0.29, 0.717) is 41.6 Å². The Morgan fingerprint density at radius 2 is 1.74 bits per heavy atom. The summed E-state index contributed by atoms with van der Waals surface area (Å²) in [5.41, 5.74) is 3.80. The number of hydrogen-bond donors (Lipinski definition) is 1. The van der Waals surface area contributed by atoms with Gasteiger partial charge >= 0.3 is 5.97 Å². The van der Waals surface area contributed by atoms with Crippen LogP contribution in [0, 0.1) is 0 Å².